The first-order valence-corrected chi connectivity index (χ1v) is 7.82. The van der Waals surface area contributed by atoms with Crippen LogP contribution in [-0.4, -0.2) is 34.0 Å². The Morgan fingerprint density at radius 1 is 1.04 bits per heavy atom. The Balaban J connectivity index is 1.44. The Labute approximate surface area is 141 Å². The van der Waals surface area contributed by atoms with Crippen molar-refractivity contribution in [2.75, 3.05) is 13.2 Å². The van der Waals surface area contributed by atoms with Gasteiger partial charge < -0.3 is 19.1 Å². The number of nitrogens with zero attached hydrogens (tertiary/aromatic N) is 2. The minimum absolute atomic E-state index is 0.183. The molecule has 0 aliphatic rings. The number of hydrogen-bond acceptors (Lipinski definition) is 4. The molecule has 2 aromatic carbocycles. The molecule has 3 rings (SSSR count). The van der Waals surface area contributed by atoms with Crippen molar-refractivity contribution in [3.05, 3.63) is 78.9 Å². The number of hydrogen-bond donors (Lipinski definition) is 1. The Morgan fingerprint density at radius 3 is 2.71 bits per heavy atom. The van der Waals surface area contributed by atoms with Gasteiger partial charge in [-0.25, -0.2) is 4.98 Å². The summed E-state index contributed by atoms with van der Waals surface area (Å²) in [7, 11) is 0. The molecular formula is C19H20N2O3. The van der Waals surface area contributed by atoms with Gasteiger partial charge in [0, 0.05) is 18.5 Å². The fourth-order valence-corrected chi connectivity index (χ4v) is 2.27. The number of aliphatic hydroxyl groups is 1. The second kappa shape index (κ2) is 8.29. The molecule has 1 heterocycles. The Morgan fingerprint density at radius 2 is 1.92 bits per heavy atom. The largest absolute Gasteiger partial charge is 0.491 e. The molecular weight excluding hydrogens is 304 g/mol. The summed E-state index contributed by atoms with van der Waals surface area (Å²) in [6, 6.07) is 17.5. The second-order valence-corrected chi connectivity index (χ2v) is 5.43. The van der Waals surface area contributed by atoms with Gasteiger partial charge in [0.1, 0.15) is 18.5 Å². The standard InChI is InChI=1S/C19H20N2O3/c22-18(13-23-12-16-5-2-1-3-6-16)14-24-19-8-4-7-17(11-19)21-10-9-20-15-21/h1-11,15,18,22H,12-14H2/t18-/m1/s1. The van der Waals surface area contributed by atoms with Crippen LogP contribution in [0.2, 0.25) is 0 Å². The van der Waals surface area contributed by atoms with Crippen LogP contribution >= 0.6 is 0 Å². The molecule has 0 fully saturated rings. The van der Waals surface area contributed by atoms with E-state index in [4.69, 9.17) is 9.47 Å². The Hall–Kier alpha value is -2.63. The summed E-state index contributed by atoms with van der Waals surface area (Å²) >= 11 is 0. The van der Waals surface area contributed by atoms with E-state index in [1.54, 1.807) is 12.5 Å². The third-order valence-electron chi connectivity index (χ3n) is 3.48. The molecule has 0 saturated carbocycles. The fourth-order valence-electron chi connectivity index (χ4n) is 2.27. The fraction of sp³-hybridized carbons (Fsp3) is 0.211. The Bertz CT molecular complexity index is 729. The van der Waals surface area contributed by atoms with Gasteiger partial charge in [0.2, 0.25) is 0 Å². The molecule has 5 nitrogen and oxygen atoms in total. The highest BCUT2D eigenvalue weighted by molar-refractivity contribution is 5.39. The van der Waals surface area contributed by atoms with E-state index >= 15 is 0 Å². The molecule has 1 N–H and O–H groups in total. The van der Waals surface area contributed by atoms with Crippen molar-refractivity contribution in [1.82, 2.24) is 9.55 Å². The molecule has 0 radical (unpaired) electrons. The third-order valence-corrected chi connectivity index (χ3v) is 3.48. The lowest BCUT2D eigenvalue weighted by molar-refractivity contribution is 0.00549. The monoisotopic (exact) mass is 324 g/mol. The van der Waals surface area contributed by atoms with Crippen LogP contribution in [0, 0.1) is 0 Å². The van der Waals surface area contributed by atoms with Gasteiger partial charge in [0.15, 0.2) is 0 Å². The molecule has 0 spiro atoms. The molecule has 1 atom stereocenters. The van der Waals surface area contributed by atoms with E-state index < -0.39 is 6.10 Å². The van der Waals surface area contributed by atoms with Crippen molar-refractivity contribution in [2.24, 2.45) is 0 Å². The van der Waals surface area contributed by atoms with Gasteiger partial charge in [-0.05, 0) is 17.7 Å². The highest BCUT2D eigenvalue weighted by atomic mass is 16.5. The topological polar surface area (TPSA) is 56.5 Å². The van der Waals surface area contributed by atoms with E-state index in [1.165, 1.54) is 0 Å². The Kier molecular flexibility index (Phi) is 5.61. The summed E-state index contributed by atoms with van der Waals surface area (Å²) in [4.78, 5) is 4.03. The van der Waals surface area contributed by atoms with Crippen molar-refractivity contribution in [2.45, 2.75) is 12.7 Å². The van der Waals surface area contributed by atoms with Crippen molar-refractivity contribution in [3.8, 4) is 11.4 Å². The summed E-state index contributed by atoms with van der Waals surface area (Å²) in [5, 5.41) is 9.98. The zero-order valence-electron chi connectivity index (χ0n) is 13.3. The molecule has 124 valence electrons. The molecule has 1 aromatic heterocycles. The molecule has 5 heteroatoms. The van der Waals surface area contributed by atoms with Gasteiger partial charge in [-0.2, -0.15) is 0 Å². The summed E-state index contributed by atoms with van der Waals surface area (Å²) in [6.45, 7) is 0.895. The van der Waals surface area contributed by atoms with Crippen molar-refractivity contribution in [1.29, 1.82) is 0 Å². The summed E-state index contributed by atoms with van der Waals surface area (Å²) in [5.74, 6) is 0.698. The lowest BCUT2D eigenvalue weighted by Crippen LogP contribution is -2.23. The van der Waals surface area contributed by atoms with Crippen molar-refractivity contribution in [3.63, 3.8) is 0 Å². The van der Waals surface area contributed by atoms with Gasteiger partial charge in [0.25, 0.3) is 0 Å². The average molecular weight is 324 g/mol. The van der Waals surface area contributed by atoms with Gasteiger partial charge in [-0.3, -0.25) is 0 Å². The lowest BCUT2D eigenvalue weighted by Gasteiger charge is -2.13. The number of ether oxygens (including phenoxy) is 2. The predicted octanol–water partition coefficient (Wildman–Crippen LogP) is 2.83. The smallest absolute Gasteiger partial charge is 0.121 e. The van der Waals surface area contributed by atoms with Crippen LogP contribution < -0.4 is 4.74 Å². The van der Waals surface area contributed by atoms with Crippen LogP contribution in [0.1, 0.15) is 5.56 Å². The van der Waals surface area contributed by atoms with Gasteiger partial charge in [-0.15, -0.1) is 0 Å². The van der Waals surface area contributed by atoms with Gasteiger partial charge in [0.05, 0.1) is 25.2 Å². The van der Waals surface area contributed by atoms with E-state index in [0.29, 0.717) is 12.4 Å². The summed E-state index contributed by atoms with van der Waals surface area (Å²) in [5.41, 5.74) is 2.04. The average Bonchev–Trinajstić information content (AvgIpc) is 3.16. The molecule has 24 heavy (non-hydrogen) atoms. The first-order valence-electron chi connectivity index (χ1n) is 7.82. The molecule has 0 aliphatic carbocycles. The summed E-state index contributed by atoms with van der Waals surface area (Å²) < 4.78 is 13.1. The maximum absolute atomic E-state index is 9.98. The molecule has 0 bridgehead atoms. The van der Waals surface area contributed by atoms with Gasteiger partial charge >= 0.3 is 0 Å². The number of imidazole rings is 1. The zero-order chi connectivity index (χ0) is 16.6. The number of rotatable bonds is 8. The first-order chi connectivity index (χ1) is 11.8. The second-order valence-electron chi connectivity index (χ2n) is 5.43. The van der Waals surface area contributed by atoms with Crippen LogP contribution in [0.25, 0.3) is 5.69 Å². The number of benzene rings is 2. The van der Waals surface area contributed by atoms with Crippen molar-refractivity contribution >= 4 is 0 Å². The van der Waals surface area contributed by atoms with Crippen LogP contribution in [-0.2, 0) is 11.3 Å². The van der Waals surface area contributed by atoms with Crippen LogP contribution in [0.3, 0.4) is 0 Å². The maximum atomic E-state index is 9.98. The highest BCUT2D eigenvalue weighted by Gasteiger charge is 2.07. The molecule has 0 amide bonds. The number of aliphatic hydroxyl groups excluding tert-OH is 1. The van der Waals surface area contributed by atoms with E-state index in [2.05, 4.69) is 4.98 Å². The van der Waals surface area contributed by atoms with Crippen LogP contribution in [0.15, 0.2) is 73.3 Å². The molecule has 0 saturated heterocycles. The quantitative estimate of drug-likeness (QED) is 0.692. The minimum Gasteiger partial charge on any atom is -0.491 e. The normalized spacial score (nSPS) is 12.0. The molecule has 3 aromatic rings. The maximum Gasteiger partial charge on any atom is 0.121 e. The van der Waals surface area contributed by atoms with Gasteiger partial charge in [-0.1, -0.05) is 36.4 Å². The highest BCUT2D eigenvalue weighted by Crippen LogP contribution is 2.16. The molecule has 0 aliphatic heterocycles. The first kappa shape index (κ1) is 16.2. The van der Waals surface area contributed by atoms with Crippen LogP contribution in [0.5, 0.6) is 5.75 Å². The van der Waals surface area contributed by atoms with Crippen molar-refractivity contribution < 1.29 is 14.6 Å². The van der Waals surface area contributed by atoms with E-state index in [9.17, 15) is 5.11 Å². The summed E-state index contributed by atoms with van der Waals surface area (Å²) in [6.07, 6.45) is 4.64. The zero-order valence-corrected chi connectivity index (χ0v) is 13.3. The van der Waals surface area contributed by atoms with E-state index in [0.717, 1.165) is 11.3 Å². The van der Waals surface area contributed by atoms with Crippen LogP contribution in [0.4, 0.5) is 0 Å². The third kappa shape index (κ3) is 4.68. The predicted molar refractivity (Wildman–Crippen MR) is 91.2 cm³/mol. The van der Waals surface area contributed by atoms with E-state index in [-0.39, 0.29) is 13.2 Å². The SMILES string of the molecule is O[C@H](COCc1ccccc1)COc1cccc(-n2ccnc2)c1. The number of aromatic nitrogens is 2. The minimum atomic E-state index is -0.675. The molecule has 0 unspecified atom stereocenters. The van der Waals surface area contributed by atoms with E-state index in [1.807, 2.05) is 65.4 Å². The lowest BCUT2D eigenvalue weighted by atomic mass is 10.2.